The Morgan fingerprint density at radius 3 is 2.46 bits per heavy atom. The lowest BCUT2D eigenvalue weighted by atomic mass is 10.2. The highest BCUT2D eigenvalue weighted by Crippen LogP contribution is 2.15. The van der Waals surface area contributed by atoms with Crippen LogP contribution in [0.3, 0.4) is 0 Å². The van der Waals surface area contributed by atoms with Crippen molar-refractivity contribution in [1.29, 1.82) is 0 Å². The molecule has 0 amide bonds. The Hall–Kier alpha value is -2.92. The molecule has 0 spiro atoms. The average molecular weight is 324 g/mol. The summed E-state index contributed by atoms with van der Waals surface area (Å²) in [5.74, 6) is -0.385. The van der Waals surface area contributed by atoms with Gasteiger partial charge in [-0.15, -0.1) is 0 Å². The van der Waals surface area contributed by atoms with E-state index in [1.54, 1.807) is 54.6 Å². The number of ether oxygens (including phenoxy) is 3. The van der Waals surface area contributed by atoms with E-state index in [4.69, 9.17) is 14.2 Å². The van der Waals surface area contributed by atoms with E-state index in [0.717, 1.165) is 5.56 Å². The molecule has 1 saturated heterocycles. The van der Waals surface area contributed by atoms with Crippen molar-refractivity contribution >= 4 is 18.0 Å². The quantitative estimate of drug-likeness (QED) is 0.354. The molecule has 1 aliphatic heterocycles. The Morgan fingerprint density at radius 1 is 1.08 bits per heavy atom. The lowest BCUT2D eigenvalue weighted by molar-refractivity contribution is -0.138. The SMILES string of the molecule is O=C(/C=C/c1ccc(OC(=O)c2ccccc2)cc1)OCC1CO1. The van der Waals surface area contributed by atoms with E-state index in [1.807, 2.05) is 6.07 Å². The summed E-state index contributed by atoms with van der Waals surface area (Å²) in [5, 5.41) is 0. The molecule has 1 aliphatic rings. The Kier molecular flexibility index (Phi) is 5.03. The minimum absolute atomic E-state index is 0.0564. The van der Waals surface area contributed by atoms with Gasteiger partial charge in [-0.3, -0.25) is 0 Å². The summed E-state index contributed by atoms with van der Waals surface area (Å²) in [6.45, 7) is 0.942. The molecule has 5 nitrogen and oxygen atoms in total. The van der Waals surface area contributed by atoms with Crippen molar-refractivity contribution in [3.8, 4) is 5.75 Å². The third-order valence-corrected chi connectivity index (χ3v) is 3.33. The molecule has 2 aromatic carbocycles. The first kappa shape index (κ1) is 16.0. The molecule has 1 atom stereocenters. The van der Waals surface area contributed by atoms with Crippen LogP contribution in [0, 0.1) is 0 Å². The lowest BCUT2D eigenvalue weighted by Crippen LogP contribution is -2.08. The van der Waals surface area contributed by atoms with Crippen molar-refractivity contribution in [2.75, 3.05) is 13.2 Å². The molecule has 122 valence electrons. The van der Waals surface area contributed by atoms with Crippen LogP contribution in [0.5, 0.6) is 5.75 Å². The maximum atomic E-state index is 11.9. The van der Waals surface area contributed by atoms with E-state index in [0.29, 0.717) is 17.9 Å². The minimum atomic E-state index is -0.412. The molecule has 0 saturated carbocycles. The highest BCUT2D eigenvalue weighted by atomic mass is 16.6. The van der Waals surface area contributed by atoms with Crippen molar-refractivity contribution in [2.45, 2.75) is 6.10 Å². The predicted octanol–water partition coefficient (Wildman–Crippen LogP) is 2.86. The Bertz CT molecular complexity index is 730. The van der Waals surface area contributed by atoms with Crippen LogP contribution in [-0.4, -0.2) is 31.3 Å². The second-order valence-corrected chi connectivity index (χ2v) is 5.24. The standard InChI is InChI=1S/C19H16O5/c20-18(23-13-17-12-22-17)11-8-14-6-9-16(10-7-14)24-19(21)15-4-2-1-3-5-15/h1-11,17H,12-13H2/b11-8+. The summed E-state index contributed by atoms with van der Waals surface area (Å²) < 4.78 is 15.2. The predicted molar refractivity (Wildman–Crippen MR) is 87.6 cm³/mol. The number of epoxide rings is 1. The van der Waals surface area contributed by atoms with Crippen molar-refractivity contribution in [3.63, 3.8) is 0 Å². The zero-order valence-corrected chi connectivity index (χ0v) is 12.9. The monoisotopic (exact) mass is 324 g/mol. The normalized spacial score (nSPS) is 15.9. The van der Waals surface area contributed by atoms with Gasteiger partial charge in [0.2, 0.25) is 0 Å². The molecule has 24 heavy (non-hydrogen) atoms. The van der Waals surface area contributed by atoms with Crippen LogP contribution in [0.2, 0.25) is 0 Å². The van der Waals surface area contributed by atoms with Gasteiger partial charge in [0, 0.05) is 6.08 Å². The van der Waals surface area contributed by atoms with Gasteiger partial charge in [-0.1, -0.05) is 30.3 Å². The molecule has 0 radical (unpaired) electrons. The Labute approximate surface area is 139 Å². The van der Waals surface area contributed by atoms with Crippen molar-refractivity contribution in [3.05, 3.63) is 71.8 Å². The van der Waals surface area contributed by atoms with Gasteiger partial charge < -0.3 is 14.2 Å². The molecule has 5 heteroatoms. The minimum Gasteiger partial charge on any atom is -0.460 e. The second-order valence-electron chi connectivity index (χ2n) is 5.24. The third-order valence-electron chi connectivity index (χ3n) is 3.33. The zero-order valence-electron chi connectivity index (χ0n) is 12.9. The van der Waals surface area contributed by atoms with Crippen LogP contribution in [-0.2, 0) is 14.3 Å². The average Bonchev–Trinajstić information content (AvgIpc) is 3.44. The van der Waals surface area contributed by atoms with Gasteiger partial charge in [-0.25, -0.2) is 9.59 Å². The number of hydrogen-bond acceptors (Lipinski definition) is 5. The van der Waals surface area contributed by atoms with Gasteiger partial charge in [-0.2, -0.15) is 0 Å². The van der Waals surface area contributed by atoms with Gasteiger partial charge in [0.1, 0.15) is 18.5 Å². The Balaban J connectivity index is 1.52. The van der Waals surface area contributed by atoms with Crippen LogP contribution in [0.4, 0.5) is 0 Å². The fourth-order valence-corrected chi connectivity index (χ4v) is 1.94. The highest BCUT2D eigenvalue weighted by Gasteiger charge is 2.23. The number of benzene rings is 2. The molecule has 0 aliphatic carbocycles. The van der Waals surface area contributed by atoms with Gasteiger partial charge in [0.05, 0.1) is 12.2 Å². The molecule has 2 aromatic rings. The van der Waals surface area contributed by atoms with E-state index < -0.39 is 11.9 Å². The van der Waals surface area contributed by atoms with E-state index >= 15 is 0 Å². The van der Waals surface area contributed by atoms with E-state index in [-0.39, 0.29) is 12.7 Å². The van der Waals surface area contributed by atoms with Crippen LogP contribution < -0.4 is 4.74 Å². The molecule has 0 aromatic heterocycles. The smallest absolute Gasteiger partial charge is 0.343 e. The molecule has 0 bridgehead atoms. The van der Waals surface area contributed by atoms with E-state index in [2.05, 4.69) is 0 Å². The summed E-state index contributed by atoms with van der Waals surface area (Å²) in [6, 6.07) is 15.6. The topological polar surface area (TPSA) is 65.1 Å². The molecule has 3 rings (SSSR count). The van der Waals surface area contributed by atoms with Gasteiger partial charge >= 0.3 is 11.9 Å². The van der Waals surface area contributed by atoms with Gasteiger partial charge in [-0.05, 0) is 35.9 Å². The fourth-order valence-electron chi connectivity index (χ4n) is 1.94. The van der Waals surface area contributed by atoms with Crippen molar-refractivity contribution in [2.24, 2.45) is 0 Å². The second kappa shape index (κ2) is 7.57. The summed E-state index contributed by atoms with van der Waals surface area (Å²) in [6.07, 6.45) is 3.05. The van der Waals surface area contributed by atoms with Crippen molar-refractivity contribution in [1.82, 2.24) is 0 Å². The molecular formula is C19H16O5. The summed E-state index contributed by atoms with van der Waals surface area (Å²) >= 11 is 0. The zero-order chi connectivity index (χ0) is 16.8. The van der Waals surface area contributed by atoms with E-state index in [1.165, 1.54) is 6.08 Å². The number of carbonyl (C=O) groups is 2. The first-order valence-electron chi connectivity index (χ1n) is 7.54. The summed E-state index contributed by atoms with van der Waals surface area (Å²) in [5.41, 5.74) is 1.29. The molecular weight excluding hydrogens is 308 g/mol. The lowest BCUT2D eigenvalue weighted by Gasteiger charge is -2.04. The maximum Gasteiger partial charge on any atom is 0.343 e. The van der Waals surface area contributed by atoms with Crippen molar-refractivity contribution < 1.29 is 23.8 Å². The summed E-state index contributed by atoms with van der Waals surface area (Å²) in [7, 11) is 0. The van der Waals surface area contributed by atoms with Crippen LogP contribution in [0.1, 0.15) is 15.9 Å². The maximum absolute atomic E-state index is 11.9. The van der Waals surface area contributed by atoms with Crippen LogP contribution in [0.25, 0.3) is 6.08 Å². The van der Waals surface area contributed by atoms with Gasteiger partial charge in [0.15, 0.2) is 0 Å². The number of rotatable bonds is 6. The van der Waals surface area contributed by atoms with Crippen LogP contribution in [0.15, 0.2) is 60.7 Å². The largest absolute Gasteiger partial charge is 0.460 e. The number of carbonyl (C=O) groups excluding carboxylic acids is 2. The number of esters is 2. The fraction of sp³-hybridized carbons (Fsp3) is 0.158. The van der Waals surface area contributed by atoms with Crippen LogP contribution >= 0.6 is 0 Å². The first-order chi connectivity index (χ1) is 11.7. The van der Waals surface area contributed by atoms with Gasteiger partial charge in [0.25, 0.3) is 0 Å². The third kappa shape index (κ3) is 4.79. The molecule has 1 heterocycles. The summed E-state index contributed by atoms with van der Waals surface area (Å²) in [4.78, 5) is 23.4. The number of hydrogen-bond donors (Lipinski definition) is 0. The molecule has 0 N–H and O–H groups in total. The van der Waals surface area contributed by atoms with E-state index in [9.17, 15) is 9.59 Å². The molecule has 1 unspecified atom stereocenters. The molecule has 1 fully saturated rings. The highest BCUT2D eigenvalue weighted by molar-refractivity contribution is 5.91. The Morgan fingerprint density at radius 2 is 1.79 bits per heavy atom. The first-order valence-corrected chi connectivity index (χ1v) is 7.54.